The molecular weight excluding hydrogens is 302 g/mol. The van der Waals surface area contributed by atoms with Crippen molar-refractivity contribution < 1.29 is 13.2 Å². The Morgan fingerprint density at radius 3 is 2.60 bits per heavy atom. The molecule has 20 heavy (non-hydrogen) atoms. The molecule has 1 heterocycles. The fraction of sp³-hybridized carbons (Fsp3) is 0.700. The number of hydrogen-bond donors (Lipinski definition) is 3. The van der Waals surface area contributed by atoms with Crippen LogP contribution in [0.15, 0.2) is 4.34 Å². The fourth-order valence-electron chi connectivity index (χ4n) is 1.35. The third kappa shape index (κ3) is 5.12. The number of nitrogens with zero attached hydrogens (tertiary/aromatic N) is 2. The normalized spacial score (nSPS) is 12.4. The van der Waals surface area contributed by atoms with Gasteiger partial charge in [0.1, 0.15) is 0 Å². The topological polar surface area (TPSA) is 127 Å². The molecule has 1 rings (SSSR count). The van der Waals surface area contributed by atoms with Gasteiger partial charge >= 0.3 is 0 Å². The summed E-state index contributed by atoms with van der Waals surface area (Å²) in [5, 5.41) is 9.71. The quantitative estimate of drug-likeness (QED) is 0.613. The van der Waals surface area contributed by atoms with Gasteiger partial charge in [-0.1, -0.05) is 25.2 Å². The van der Waals surface area contributed by atoms with E-state index in [1.165, 1.54) is 6.92 Å². The van der Waals surface area contributed by atoms with Crippen molar-refractivity contribution in [3.8, 4) is 0 Å². The van der Waals surface area contributed by atoms with E-state index in [2.05, 4.69) is 20.2 Å². The van der Waals surface area contributed by atoms with Crippen LogP contribution in [0.2, 0.25) is 0 Å². The molecule has 0 spiro atoms. The number of hydrogen-bond acceptors (Lipinski definition) is 7. The molecule has 0 atom stereocenters. The summed E-state index contributed by atoms with van der Waals surface area (Å²) in [6, 6.07) is 0. The summed E-state index contributed by atoms with van der Waals surface area (Å²) in [4.78, 5) is 10.9. The molecule has 0 unspecified atom stereocenters. The largest absolute Gasteiger partial charge is 0.330 e. The van der Waals surface area contributed by atoms with E-state index in [4.69, 9.17) is 5.73 Å². The lowest BCUT2D eigenvalue weighted by Gasteiger charge is -2.23. The average molecular weight is 321 g/mol. The van der Waals surface area contributed by atoms with Gasteiger partial charge in [-0.3, -0.25) is 4.79 Å². The van der Waals surface area contributed by atoms with Crippen LogP contribution in [0.5, 0.6) is 0 Å². The molecule has 10 heteroatoms. The van der Waals surface area contributed by atoms with Gasteiger partial charge in [-0.15, -0.1) is 10.2 Å². The molecule has 0 fully saturated rings. The predicted molar refractivity (Wildman–Crippen MR) is 76.9 cm³/mol. The van der Waals surface area contributed by atoms with Crippen LogP contribution in [0.4, 0.5) is 5.13 Å². The molecule has 0 bridgehead atoms. The summed E-state index contributed by atoms with van der Waals surface area (Å²) in [5.74, 6) is -0.331. The van der Waals surface area contributed by atoms with Gasteiger partial charge in [0.2, 0.25) is 15.4 Å². The van der Waals surface area contributed by atoms with Gasteiger partial charge in [-0.25, -0.2) is 13.1 Å². The number of nitrogens with two attached hydrogens (primary N) is 1. The molecule has 0 saturated heterocycles. The summed E-state index contributed by atoms with van der Waals surface area (Å²) in [5.41, 5.74) is 5.23. The Labute approximate surface area is 122 Å². The van der Waals surface area contributed by atoms with Crippen LogP contribution in [0.1, 0.15) is 27.2 Å². The Hall–Kier alpha value is -1.10. The molecule has 114 valence electrons. The zero-order valence-electron chi connectivity index (χ0n) is 11.6. The van der Waals surface area contributed by atoms with Crippen molar-refractivity contribution in [3.05, 3.63) is 0 Å². The molecule has 0 aliphatic carbocycles. The highest BCUT2D eigenvalue weighted by Crippen LogP contribution is 2.22. The molecule has 1 aromatic heterocycles. The van der Waals surface area contributed by atoms with Gasteiger partial charge in [0.15, 0.2) is 0 Å². The number of anilines is 1. The highest BCUT2D eigenvalue weighted by atomic mass is 32.2. The number of sulfonamides is 1. The van der Waals surface area contributed by atoms with Crippen molar-refractivity contribution in [1.29, 1.82) is 0 Å². The number of rotatable bonds is 7. The van der Waals surface area contributed by atoms with Crippen LogP contribution >= 0.6 is 11.3 Å². The summed E-state index contributed by atoms with van der Waals surface area (Å²) < 4.78 is 26.4. The van der Waals surface area contributed by atoms with Crippen LogP contribution in [-0.2, 0) is 14.8 Å². The van der Waals surface area contributed by atoms with E-state index in [1.807, 2.05) is 13.8 Å². The van der Waals surface area contributed by atoms with E-state index < -0.39 is 10.0 Å². The molecule has 0 aliphatic heterocycles. The lowest BCUT2D eigenvalue weighted by Crippen LogP contribution is -2.35. The Morgan fingerprint density at radius 1 is 1.40 bits per heavy atom. The minimum Gasteiger partial charge on any atom is -0.330 e. The van der Waals surface area contributed by atoms with E-state index >= 15 is 0 Å². The predicted octanol–water partition coefficient (Wildman–Crippen LogP) is 0.150. The van der Waals surface area contributed by atoms with Crippen LogP contribution in [-0.4, -0.2) is 37.6 Å². The highest BCUT2D eigenvalue weighted by Gasteiger charge is 2.24. The van der Waals surface area contributed by atoms with E-state index in [0.717, 1.165) is 11.3 Å². The fourth-order valence-corrected chi connectivity index (χ4v) is 3.58. The van der Waals surface area contributed by atoms with E-state index in [-0.39, 0.29) is 27.3 Å². The maximum Gasteiger partial charge on any atom is 0.269 e. The van der Waals surface area contributed by atoms with Crippen molar-refractivity contribution in [2.45, 2.75) is 31.5 Å². The molecule has 0 radical (unpaired) electrons. The lowest BCUT2D eigenvalue weighted by molar-refractivity contribution is -0.114. The average Bonchev–Trinajstić information content (AvgIpc) is 2.75. The van der Waals surface area contributed by atoms with Gasteiger partial charge in [0.25, 0.3) is 10.0 Å². The second-order valence-corrected chi connectivity index (χ2v) is 8.00. The first-order chi connectivity index (χ1) is 9.16. The maximum atomic E-state index is 12.0. The summed E-state index contributed by atoms with van der Waals surface area (Å²) in [7, 11) is -3.72. The number of amides is 1. The second-order valence-electron chi connectivity index (χ2n) is 5.08. The first kappa shape index (κ1) is 17.0. The molecule has 8 nitrogen and oxygen atoms in total. The maximum absolute atomic E-state index is 12.0. The number of aromatic nitrogens is 2. The molecule has 0 aromatic carbocycles. The Bertz CT molecular complexity index is 567. The van der Waals surface area contributed by atoms with Crippen molar-refractivity contribution in [2.24, 2.45) is 11.1 Å². The SMILES string of the molecule is CC(=O)Nc1nnc(S(=O)(=O)NCC(C)(C)CCN)s1. The Morgan fingerprint density at radius 2 is 2.05 bits per heavy atom. The third-order valence-corrected chi connectivity index (χ3v) is 5.09. The molecule has 0 aliphatic rings. The number of nitrogens with one attached hydrogen (secondary N) is 2. The highest BCUT2D eigenvalue weighted by molar-refractivity contribution is 7.91. The van der Waals surface area contributed by atoms with E-state index in [1.54, 1.807) is 0 Å². The molecule has 1 amide bonds. The summed E-state index contributed by atoms with van der Waals surface area (Å²) in [6.45, 7) is 5.89. The van der Waals surface area contributed by atoms with Crippen LogP contribution < -0.4 is 15.8 Å². The van der Waals surface area contributed by atoms with E-state index in [9.17, 15) is 13.2 Å². The molecule has 0 saturated carbocycles. The van der Waals surface area contributed by atoms with Crippen LogP contribution in [0.25, 0.3) is 0 Å². The standard InChI is InChI=1S/C10H19N5O3S2/c1-7(16)13-8-14-15-9(19-8)20(17,18)12-6-10(2,3)4-5-11/h12H,4-6,11H2,1-3H3,(H,13,14,16). The minimum atomic E-state index is -3.72. The van der Waals surface area contributed by atoms with Gasteiger partial charge in [0, 0.05) is 13.5 Å². The third-order valence-electron chi connectivity index (χ3n) is 2.48. The van der Waals surface area contributed by atoms with Gasteiger partial charge < -0.3 is 11.1 Å². The van der Waals surface area contributed by atoms with Crippen molar-refractivity contribution in [2.75, 3.05) is 18.4 Å². The van der Waals surface area contributed by atoms with E-state index in [0.29, 0.717) is 13.0 Å². The summed E-state index contributed by atoms with van der Waals surface area (Å²) in [6.07, 6.45) is 0.697. The lowest BCUT2D eigenvalue weighted by atomic mass is 9.90. The van der Waals surface area contributed by atoms with Crippen molar-refractivity contribution in [1.82, 2.24) is 14.9 Å². The zero-order chi connectivity index (χ0) is 15.4. The van der Waals surface area contributed by atoms with Crippen LogP contribution in [0.3, 0.4) is 0 Å². The van der Waals surface area contributed by atoms with Gasteiger partial charge in [-0.2, -0.15) is 0 Å². The molecular formula is C10H19N5O3S2. The van der Waals surface area contributed by atoms with Gasteiger partial charge in [0.05, 0.1) is 0 Å². The number of carbonyl (C=O) groups excluding carboxylic acids is 1. The minimum absolute atomic E-state index is 0.152. The first-order valence-corrected chi connectivity index (χ1v) is 8.27. The van der Waals surface area contributed by atoms with Crippen LogP contribution in [0, 0.1) is 5.41 Å². The second kappa shape index (κ2) is 6.57. The Balaban J connectivity index is 2.74. The smallest absolute Gasteiger partial charge is 0.269 e. The zero-order valence-corrected chi connectivity index (χ0v) is 13.3. The number of carbonyl (C=O) groups is 1. The van der Waals surface area contributed by atoms with Gasteiger partial charge in [-0.05, 0) is 18.4 Å². The molecule has 1 aromatic rings. The summed E-state index contributed by atoms with van der Waals surface area (Å²) >= 11 is 0.803. The van der Waals surface area contributed by atoms with Crippen molar-refractivity contribution >= 4 is 32.4 Å². The Kier molecular flexibility index (Phi) is 5.57. The first-order valence-electron chi connectivity index (χ1n) is 5.97. The van der Waals surface area contributed by atoms with Crippen molar-refractivity contribution in [3.63, 3.8) is 0 Å². The monoisotopic (exact) mass is 321 g/mol. The molecule has 4 N–H and O–H groups in total.